The number of aliphatic hydroxyl groups excluding tert-OH is 1. The number of aryl methyl sites for hydroxylation is 1. The lowest BCUT2D eigenvalue weighted by molar-refractivity contribution is -0.635. The fourth-order valence-corrected chi connectivity index (χ4v) is 2.62. The second kappa shape index (κ2) is 6.91. The van der Waals surface area contributed by atoms with E-state index in [1.54, 1.807) is 16.7 Å². The number of hydrogen-bond donors (Lipinski definition) is 1. The van der Waals surface area contributed by atoms with Gasteiger partial charge in [-0.25, -0.2) is 4.99 Å². The van der Waals surface area contributed by atoms with Crippen molar-refractivity contribution >= 4 is 28.7 Å². The van der Waals surface area contributed by atoms with E-state index >= 15 is 0 Å². The molecular weight excluding hydrogens is 292 g/mol. The summed E-state index contributed by atoms with van der Waals surface area (Å²) in [6.07, 6.45) is 0. The third-order valence-corrected chi connectivity index (χ3v) is 4.30. The van der Waals surface area contributed by atoms with Gasteiger partial charge in [-0.1, -0.05) is 0 Å². The van der Waals surface area contributed by atoms with E-state index in [0.717, 1.165) is 29.2 Å². The summed E-state index contributed by atoms with van der Waals surface area (Å²) >= 11 is 0. The lowest BCUT2D eigenvalue weighted by atomic mass is 10.1. The van der Waals surface area contributed by atoms with Crippen molar-refractivity contribution in [2.75, 3.05) is 38.7 Å². The van der Waals surface area contributed by atoms with Crippen LogP contribution in [-0.2, 0) is 4.79 Å². The highest BCUT2D eigenvalue weighted by molar-refractivity contribution is 6.66. The van der Waals surface area contributed by atoms with Gasteiger partial charge in [0.05, 0.1) is 19.3 Å². The molecule has 1 N–H and O–H groups in total. The maximum Gasteiger partial charge on any atom is 0.332 e. The highest BCUT2D eigenvalue weighted by Gasteiger charge is 2.37. The van der Waals surface area contributed by atoms with Crippen molar-refractivity contribution in [1.82, 2.24) is 5.01 Å². The Labute approximate surface area is 137 Å². The minimum Gasteiger partial charge on any atom is -0.395 e. The average molecular weight is 317 g/mol. The number of carbonyl (C=O) groups excluding carboxylic acids is 1. The first-order valence-corrected chi connectivity index (χ1v) is 7.81. The van der Waals surface area contributed by atoms with E-state index in [4.69, 9.17) is 5.11 Å². The quantitative estimate of drug-likeness (QED) is 0.835. The molecule has 0 fully saturated rings. The summed E-state index contributed by atoms with van der Waals surface area (Å²) < 4.78 is 1.80. The molecule has 1 heterocycles. The zero-order valence-electron chi connectivity index (χ0n) is 14.5. The Morgan fingerprint density at radius 2 is 2.04 bits per heavy atom. The van der Waals surface area contributed by atoms with E-state index in [2.05, 4.69) is 16.8 Å². The molecule has 0 aromatic heterocycles. The lowest BCUT2D eigenvalue weighted by Crippen LogP contribution is -2.29. The molecule has 0 radical (unpaired) electrons. The first-order valence-electron chi connectivity index (χ1n) is 7.81. The van der Waals surface area contributed by atoms with Gasteiger partial charge in [0.2, 0.25) is 11.4 Å². The van der Waals surface area contributed by atoms with Crippen LogP contribution >= 0.6 is 0 Å². The van der Waals surface area contributed by atoms with Crippen molar-refractivity contribution < 1.29 is 14.6 Å². The molecule has 1 aliphatic rings. The Bertz CT molecular complexity index is 679. The zero-order valence-corrected chi connectivity index (χ0v) is 14.5. The van der Waals surface area contributed by atoms with E-state index in [-0.39, 0.29) is 12.5 Å². The number of carbonyl (C=O) groups is 1. The Morgan fingerprint density at radius 3 is 2.52 bits per heavy atom. The van der Waals surface area contributed by atoms with E-state index < -0.39 is 0 Å². The molecule has 23 heavy (non-hydrogen) atoms. The zero-order chi connectivity index (χ0) is 17.1. The number of nitrogens with zero attached hydrogens (tertiary/aromatic N) is 4. The second-order valence-corrected chi connectivity index (χ2v) is 5.67. The molecule has 6 nitrogen and oxygen atoms in total. The Morgan fingerprint density at radius 1 is 1.35 bits per heavy atom. The molecule has 1 aliphatic heterocycles. The molecular formula is C17H25N4O2+. The minimum absolute atomic E-state index is 0.0936. The Hall–Kier alpha value is -2.21. The molecule has 2 rings (SSSR count). The van der Waals surface area contributed by atoms with Gasteiger partial charge in [-0.3, -0.25) is 4.79 Å². The average Bonchev–Trinajstić information content (AvgIpc) is 2.72. The predicted molar refractivity (Wildman–Crippen MR) is 92.9 cm³/mol. The molecule has 1 amide bonds. The van der Waals surface area contributed by atoms with E-state index in [1.807, 2.05) is 39.1 Å². The van der Waals surface area contributed by atoms with Gasteiger partial charge in [0, 0.05) is 25.7 Å². The van der Waals surface area contributed by atoms with Crippen LogP contribution in [0.15, 0.2) is 23.2 Å². The maximum absolute atomic E-state index is 12.2. The van der Waals surface area contributed by atoms with Gasteiger partial charge in [0.15, 0.2) is 7.05 Å². The molecule has 1 aromatic rings. The molecule has 0 bridgehead atoms. The normalized spacial score (nSPS) is 16.7. The van der Waals surface area contributed by atoms with Gasteiger partial charge in [0.1, 0.15) is 0 Å². The summed E-state index contributed by atoms with van der Waals surface area (Å²) in [6, 6.07) is 5.95. The Kier molecular flexibility index (Phi) is 5.15. The molecule has 0 aliphatic carbocycles. The number of amides is 1. The molecule has 0 spiro atoms. The van der Waals surface area contributed by atoms with Crippen LogP contribution in [0.2, 0.25) is 0 Å². The van der Waals surface area contributed by atoms with Gasteiger partial charge in [-0.2, -0.15) is 0 Å². The van der Waals surface area contributed by atoms with Crippen molar-refractivity contribution in [3.63, 3.8) is 0 Å². The van der Waals surface area contributed by atoms with Crippen molar-refractivity contribution in [1.29, 1.82) is 0 Å². The molecule has 124 valence electrons. The summed E-state index contributed by atoms with van der Waals surface area (Å²) in [5.74, 6) is -0.0936. The number of hydrogen-bond acceptors (Lipinski definition) is 4. The third kappa shape index (κ3) is 3.27. The van der Waals surface area contributed by atoms with Gasteiger partial charge in [0.25, 0.3) is 0 Å². The number of benzene rings is 1. The maximum atomic E-state index is 12.2. The second-order valence-electron chi connectivity index (χ2n) is 5.67. The smallest absolute Gasteiger partial charge is 0.332 e. The van der Waals surface area contributed by atoms with Crippen LogP contribution in [0, 0.1) is 6.92 Å². The van der Waals surface area contributed by atoms with E-state index in [0.29, 0.717) is 12.3 Å². The first kappa shape index (κ1) is 17.1. The number of likely N-dealkylation sites (N-methyl/N-ethyl adjacent to an activating group) is 1. The summed E-state index contributed by atoms with van der Waals surface area (Å²) in [5, 5.41) is 10.7. The fraction of sp³-hybridized carbons (Fsp3) is 0.471. The van der Waals surface area contributed by atoms with Crippen LogP contribution in [0.4, 0.5) is 11.4 Å². The number of anilines is 1. The van der Waals surface area contributed by atoms with E-state index in [1.165, 1.54) is 0 Å². The lowest BCUT2D eigenvalue weighted by Gasteiger charge is -2.22. The van der Waals surface area contributed by atoms with Crippen LogP contribution in [0.3, 0.4) is 0 Å². The van der Waals surface area contributed by atoms with Crippen LogP contribution in [0.25, 0.3) is 0 Å². The largest absolute Gasteiger partial charge is 0.395 e. The number of aliphatic imine (C=N–C) groups is 1. The van der Waals surface area contributed by atoms with Crippen LogP contribution in [-0.4, -0.2) is 65.9 Å². The highest BCUT2D eigenvalue weighted by Crippen LogP contribution is 2.25. The molecule has 0 unspecified atom stereocenters. The summed E-state index contributed by atoms with van der Waals surface area (Å²) in [5.41, 5.74) is 4.17. The molecule has 0 atom stereocenters. The number of hydrazine groups is 1. The van der Waals surface area contributed by atoms with Crippen LogP contribution < -0.4 is 4.90 Å². The standard InChI is InChI=1S/C17H25N4O2/c1-6-21(9-10-22)14-7-8-15(12(2)11-14)18-16-13(3)19(4)20(5)17(16)23/h7-8,11,22H,6,9-10H2,1-5H3/q+1. The Balaban J connectivity index is 2.36. The van der Waals surface area contributed by atoms with Crippen LogP contribution in [0.5, 0.6) is 0 Å². The predicted octanol–water partition coefficient (Wildman–Crippen LogP) is 1.38. The highest BCUT2D eigenvalue weighted by atomic mass is 16.3. The molecule has 0 saturated carbocycles. The van der Waals surface area contributed by atoms with Crippen molar-refractivity contribution in [3.8, 4) is 0 Å². The minimum atomic E-state index is -0.0936. The van der Waals surface area contributed by atoms with Crippen molar-refractivity contribution in [2.45, 2.75) is 20.8 Å². The van der Waals surface area contributed by atoms with Gasteiger partial charge < -0.3 is 10.0 Å². The van der Waals surface area contributed by atoms with Gasteiger partial charge in [-0.05, 0) is 37.6 Å². The monoisotopic (exact) mass is 317 g/mol. The van der Waals surface area contributed by atoms with Crippen molar-refractivity contribution in [3.05, 3.63) is 23.8 Å². The number of rotatable bonds is 5. The number of hydrazone groups is 1. The SMILES string of the molecule is CCN(CCO)c1ccc(N=C2C(=O)N(C)[N+](C)=C2C)c(C)c1. The fourth-order valence-electron chi connectivity index (χ4n) is 2.62. The molecule has 0 saturated heterocycles. The number of aliphatic hydroxyl groups is 1. The van der Waals surface area contributed by atoms with E-state index in [9.17, 15) is 4.79 Å². The van der Waals surface area contributed by atoms with Crippen molar-refractivity contribution in [2.24, 2.45) is 4.99 Å². The third-order valence-electron chi connectivity index (χ3n) is 4.30. The molecule has 1 aromatic carbocycles. The topological polar surface area (TPSA) is 59.1 Å². The summed E-state index contributed by atoms with van der Waals surface area (Å²) in [6.45, 7) is 7.49. The summed E-state index contributed by atoms with van der Waals surface area (Å²) in [7, 11) is 3.58. The van der Waals surface area contributed by atoms with Gasteiger partial charge >= 0.3 is 5.91 Å². The molecule has 6 heteroatoms. The van der Waals surface area contributed by atoms with Gasteiger partial charge in [-0.15, -0.1) is 9.69 Å². The van der Waals surface area contributed by atoms with Crippen LogP contribution in [0.1, 0.15) is 19.4 Å². The first-order chi connectivity index (χ1) is 10.9. The summed E-state index contributed by atoms with van der Waals surface area (Å²) in [4.78, 5) is 18.9.